The van der Waals surface area contributed by atoms with Crippen molar-refractivity contribution in [3.8, 4) is 0 Å². The molecule has 1 amide bonds. The van der Waals surface area contributed by atoms with Gasteiger partial charge in [0.15, 0.2) is 5.84 Å². The highest BCUT2D eigenvalue weighted by molar-refractivity contribution is 6.40. The quantitative estimate of drug-likeness (QED) is 0.377. The van der Waals surface area contributed by atoms with E-state index in [1.807, 2.05) is 12.1 Å². The van der Waals surface area contributed by atoms with Crippen LogP contribution in [0, 0.1) is 23.2 Å². The van der Waals surface area contributed by atoms with Crippen LogP contribution in [0.4, 0.5) is 0 Å². The molecule has 1 saturated heterocycles. The number of carbonyl (C=O) groups excluding carboxylic acids is 1. The van der Waals surface area contributed by atoms with Gasteiger partial charge >= 0.3 is 5.97 Å². The summed E-state index contributed by atoms with van der Waals surface area (Å²) < 4.78 is 0. The number of carboxylic acids is 1. The van der Waals surface area contributed by atoms with Gasteiger partial charge in [-0.3, -0.25) is 9.79 Å². The minimum atomic E-state index is -0.927. The van der Waals surface area contributed by atoms with Crippen molar-refractivity contribution in [3.63, 3.8) is 0 Å². The zero-order valence-electron chi connectivity index (χ0n) is 24.3. The molecule has 210 valence electrons. The van der Waals surface area contributed by atoms with E-state index in [1.165, 1.54) is 32.1 Å². The topological polar surface area (TPSA) is 82.0 Å². The van der Waals surface area contributed by atoms with Gasteiger partial charge in [-0.15, -0.1) is 0 Å². The van der Waals surface area contributed by atoms with Crippen LogP contribution in [-0.4, -0.2) is 39.9 Å². The predicted molar refractivity (Wildman–Crippen MR) is 153 cm³/mol. The average molecular weight is 524 g/mol. The second-order valence-corrected chi connectivity index (χ2v) is 13.6. The van der Waals surface area contributed by atoms with Crippen LogP contribution in [0.2, 0.25) is 0 Å². The van der Waals surface area contributed by atoms with Crippen molar-refractivity contribution in [2.75, 3.05) is 6.54 Å². The molecule has 1 aromatic rings. The molecule has 1 atom stereocenters. The van der Waals surface area contributed by atoms with Gasteiger partial charge in [-0.25, -0.2) is 4.79 Å². The molecule has 2 saturated carbocycles. The van der Waals surface area contributed by atoms with E-state index in [0.717, 1.165) is 50.6 Å². The summed E-state index contributed by atoms with van der Waals surface area (Å²) in [5, 5.41) is 13.2. The minimum Gasteiger partial charge on any atom is -0.478 e. The van der Waals surface area contributed by atoms with Gasteiger partial charge in [-0.2, -0.15) is 0 Å². The summed E-state index contributed by atoms with van der Waals surface area (Å²) in [6.07, 6.45) is 12.1. The normalized spacial score (nSPS) is 26.8. The summed E-state index contributed by atoms with van der Waals surface area (Å²) in [4.78, 5) is 32.8. The van der Waals surface area contributed by atoms with Gasteiger partial charge in [0.25, 0.3) is 5.91 Å². The minimum absolute atomic E-state index is 0.0195. The number of carboxylic acid groups (broad SMARTS) is 1. The smallest absolute Gasteiger partial charge is 0.335 e. The summed E-state index contributed by atoms with van der Waals surface area (Å²) >= 11 is 0. The van der Waals surface area contributed by atoms with Crippen molar-refractivity contribution >= 4 is 17.7 Å². The fraction of sp³-hybridized carbons (Fsp3) is 0.719. The molecule has 38 heavy (non-hydrogen) atoms. The summed E-state index contributed by atoms with van der Waals surface area (Å²) in [5.74, 6) is 1.34. The van der Waals surface area contributed by atoms with Crippen LogP contribution in [-0.2, 0) is 4.79 Å². The van der Waals surface area contributed by atoms with Crippen molar-refractivity contribution in [2.24, 2.45) is 28.2 Å². The number of aromatic carboxylic acids is 1. The van der Waals surface area contributed by atoms with Crippen molar-refractivity contribution < 1.29 is 14.7 Å². The highest BCUT2D eigenvalue weighted by atomic mass is 16.4. The maximum Gasteiger partial charge on any atom is 0.335 e. The zero-order chi connectivity index (χ0) is 27.5. The highest BCUT2D eigenvalue weighted by Crippen LogP contribution is 2.47. The first-order valence-corrected chi connectivity index (χ1v) is 15.0. The van der Waals surface area contributed by atoms with Crippen LogP contribution in [0.25, 0.3) is 0 Å². The molecule has 0 radical (unpaired) electrons. The lowest BCUT2D eigenvalue weighted by Crippen LogP contribution is -2.56. The number of benzene rings is 1. The Morgan fingerprint density at radius 1 is 1.05 bits per heavy atom. The molecular formula is C32H49N3O3. The third kappa shape index (κ3) is 6.43. The molecule has 0 aromatic heterocycles. The van der Waals surface area contributed by atoms with E-state index in [9.17, 15) is 14.7 Å². The second-order valence-electron chi connectivity index (χ2n) is 13.6. The van der Waals surface area contributed by atoms with Crippen molar-refractivity contribution in [2.45, 2.75) is 117 Å². The number of amidine groups is 1. The van der Waals surface area contributed by atoms with Crippen LogP contribution in [0.5, 0.6) is 0 Å². The Labute approximate surface area is 229 Å². The molecule has 1 heterocycles. The Balaban J connectivity index is 1.68. The second kappa shape index (κ2) is 11.8. The van der Waals surface area contributed by atoms with Crippen LogP contribution in [0.1, 0.15) is 127 Å². The van der Waals surface area contributed by atoms with Crippen LogP contribution >= 0.6 is 0 Å². The van der Waals surface area contributed by atoms with E-state index < -0.39 is 11.6 Å². The van der Waals surface area contributed by atoms with Gasteiger partial charge in [0.1, 0.15) is 5.66 Å². The summed E-state index contributed by atoms with van der Waals surface area (Å²) in [5.41, 5.74) is 1.10. The molecule has 6 heteroatoms. The Morgan fingerprint density at radius 2 is 1.68 bits per heavy atom. The number of amides is 1. The molecule has 1 aromatic carbocycles. The Hall–Kier alpha value is -2.37. The first kappa shape index (κ1) is 28.6. The molecule has 6 nitrogen and oxygen atoms in total. The van der Waals surface area contributed by atoms with Crippen molar-refractivity contribution in [1.29, 1.82) is 0 Å². The SMILES string of the molecule is CC(C)CCC(c1ccc(C(=O)O)cc1)N1C(=O)C(=NCC2CCCCC2)NC12CCC(C(C)(C)C)CC2. The third-order valence-electron chi connectivity index (χ3n) is 9.37. The predicted octanol–water partition coefficient (Wildman–Crippen LogP) is 7.21. The molecule has 2 N–H and O–H groups in total. The van der Waals surface area contributed by atoms with Crippen LogP contribution in [0.3, 0.4) is 0 Å². The standard InChI is InChI=1S/C32H49N3O3/c1-22(2)11-16-27(24-12-14-25(15-13-24)30(37)38)35-29(36)28(33-21-23-9-7-6-8-10-23)34-32(35)19-17-26(18-20-32)31(3,4)5/h12-15,22-23,26-27H,6-11,16-21H2,1-5H3,(H,33,34)(H,37,38). The summed E-state index contributed by atoms with van der Waals surface area (Å²) in [7, 11) is 0. The largest absolute Gasteiger partial charge is 0.478 e. The third-order valence-corrected chi connectivity index (χ3v) is 9.37. The van der Waals surface area contributed by atoms with Crippen molar-refractivity contribution in [3.05, 3.63) is 35.4 Å². The number of rotatable bonds is 8. The maximum absolute atomic E-state index is 14.2. The van der Waals surface area contributed by atoms with E-state index in [4.69, 9.17) is 4.99 Å². The number of carbonyl (C=O) groups is 2. The molecule has 0 bridgehead atoms. The monoisotopic (exact) mass is 523 g/mol. The number of nitrogens with one attached hydrogen (secondary N) is 1. The van der Waals surface area contributed by atoms with E-state index in [-0.39, 0.29) is 22.9 Å². The molecule has 4 rings (SSSR count). The van der Waals surface area contributed by atoms with Gasteiger partial charge in [-0.1, -0.05) is 66.0 Å². The Kier molecular flexibility index (Phi) is 8.89. The molecule has 1 unspecified atom stereocenters. The van der Waals surface area contributed by atoms with Gasteiger partial charge in [0, 0.05) is 6.54 Å². The van der Waals surface area contributed by atoms with E-state index in [0.29, 0.717) is 23.6 Å². The van der Waals surface area contributed by atoms with E-state index >= 15 is 0 Å². The molecule has 3 fully saturated rings. The zero-order valence-corrected chi connectivity index (χ0v) is 24.3. The first-order chi connectivity index (χ1) is 18.0. The number of aliphatic imine (C=N–C) groups is 1. The Bertz CT molecular complexity index is 994. The Morgan fingerprint density at radius 3 is 2.24 bits per heavy atom. The molecule has 1 spiro atoms. The van der Waals surface area contributed by atoms with E-state index in [2.05, 4.69) is 44.8 Å². The van der Waals surface area contributed by atoms with Gasteiger partial charge < -0.3 is 15.3 Å². The molecule has 2 aliphatic carbocycles. The highest BCUT2D eigenvalue weighted by Gasteiger charge is 2.53. The lowest BCUT2D eigenvalue weighted by atomic mass is 9.69. The fourth-order valence-corrected chi connectivity index (χ4v) is 6.89. The number of nitrogens with zero attached hydrogens (tertiary/aromatic N) is 2. The number of hydrogen-bond donors (Lipinski definition) is 2. The first-order valence-electron chi connectivity index (χ1n) is 15.0. The van der Waals surface area contributed by atoms with Gasteiger partial charge in [-0.05, 0) is 92.2 Å². The molecule has 1 aliphatic heterocycles. The number of hydrogen-bond acceptors (Lipinski definition) is 3. The lowest BCUT2D eigenvalue weighted by Gasteiger charge is -2.48. The maximum atomic E-state index is 14.2. The van der Waals surface area contributed by atoms with E-state index in [1.54, 1.807) is 12.1 Å². The van der Waals surface area contributed by atoms with Gasteiger partial charge in [0.05, 0.1) is 11.6 Å². The fourth-order valence-electron chi connectivity index (χ4n) is 6.89. The molecular weight excluding hydrogens is 474 g/mol. The average Bonchev–Trinajstić information content (AvgIpc) is 3.14. The lowest BCUT2D eigenvalue weighted by molar-refractivity contribution is -0.133. The van der Waals surface area contributed by atoms with Crippen molar-refractivity contribution in [1.82, 2.24) is 10.2 Å². The van der Waals surface area contributed by atoms with Crippen LogP contribution < -0.4 is 5.32 Å². The summed E-state index contributed by atoms with van der Waals surface area (Å²) in [6, 6.07) is 7.06. The summed E-state index contributed by atoms with van der Waals surface area (Å²) in [6.45, 7) is 12.1. The molecule has 3 aliphatic rings. The van der Waals surface area contributed by atoms with Gasteiger partial charge in [0.2, 0.25) is 0 Å². The van der Waals surface area contributed by atoms with Crippen LogP contribution in [0.15, 0.2) is 29.3 Å².